The van der Waals surface area contributed by atoms with Gasteiger partial charge in [0.1, 0.15) is 0 Å². The fourth-order valence-corrected chi connectivity index (χ4v) is 2.03. The van der Waals surface area contributed by atoms with Crippen LogP contribution in [0.15, 0.2) is 18.2 Å². The number of carbonyl (C=O) groups excluding carboxylic acids is 1. The van der Waals surface area contributed by atoms with Crippen molar-refractivity contribution in [1.82, 2.24) is 10.6 Å². The summed E-state index contributed by atoms with van der Waals surface area (Å²) in [6.45, 7) is 1.56. The molecule has 1 aromatic rings. The lowest BCUT2D eigenvalue weighted by atomic mass is 10.1. The van der Waals surface area contributed by atoms with Gasteiger partial charge in [-0.15, -0.1) is 0 Å². The van der Waals surface area contributed by atoms with Gasteiger partial charge in [-0.05, 0) is 29.7 Å². The molecule has 1 aromatic carbocycles. The summed E-state index contributed by atoms with van der Waals surface area (Å²) in [5.41, 5.74) is 2.73. The van der Waals surface area contributed by atoms with E-state index in [-0.39, 0.29) is 18.9 Å². The van der Waals surface area contributed by atoms with Gasteiger partial charge in [0.25, 0.3) is 5.91 Å². The molecule has 0 saturated carbocycles. The van der Waals surface area contributed by atoms with E-state index < -0.39 is 12.6 Å². The molecule has 2 N–H and O–H groups in total. The number of hydrogen-bond acceptors (Lipinski definition) is 2. The highest BCUT2D eigenvalue weighted by Crippen LogP contribution is 2.21. The molecule has 1 aliphatic rings. The second-order valence-electron chi connectivity index (χ2n) is 4.56. The smallest absolute Gasteiger partial charge is 0.352 e. The van der Waals surface area contributed by atoms with Gasteiger partial charge in [0.2, 0.25) is 0 Å². The zero-order valence-corrected chi connectivity index (χ0v) is 10.3. The first-order chi connectivity index (χ1) is 8.96. The first-order valence-electron chi connectivity index (χ1n) is 6.13. The summed E-state index contributed by atoms with van der Waals surface area (Å²) < 4.78 is 35.8. The fourth-order valence-electron chi connectivity index (χ4n) is 2.03. The van der Waals surface area contributed by atoms with Crippen molar-refractivity contribution in [3.63, 3.8) is 0 Å². The van der Waals surface area contributed by atoms with Gasteiger partial charge in [-0.1, -0.05) is 6.07 Å². The maximum Gasteiger partial charge on any atom is 0.389 e. The Morgan fingerprint density at radius 1 is 1.26 bits per heavy atom. The van der Waals surface area contributed by atoms with Crippen molar-refractivity contribution >= 4 is 5.91 Å². The normalized spacial score (nSPS) is 14.3. The summed E-state index contributed by atoms with van der Waals surface area (Å²) >= 11 is 0. The zero-order chi connectivity index (χ0) is 13.9. The lowest BCUT2D eigenvalue weighted by molar-refractivity contribution is -0.135. The van der Waals surface area contributed by atoms with E-state index >= 15 is 0 Å². The standard InChI is InChI=1S/C13H15F3N2O/c14-13(15,16)4-1-5-18-12(19)9-2-3-10-7-17-8-11(10)6-9/h2-3,6,17H,1,4-5,7-8H2,(H,18,19). The van der Waals surface area contributed by atoms with Crippen molar-refractivity contribution in [3.8, 4) is 0 Å². The lowest BCUT2D eigenvalue weighted by Gasteiger charge is -2.08. The van der Waals surface area contributed by atoms with Crippen LogP contribution >= 0.6 is 0 Å². The fraction of sp³-hybridized carbons (Fsp3) is 0.462. The molecule has 1 amide bonds. The quantitative estimate of drug-likeness (QED) is 0.826. The average Bonchev–Trinajstić information content (AvgIpc) is 2.80. The van der Waals surface area contributed by atoms with Crippen molar-refractivity contribution < 1.29 is 18.0 Å². The number of alkyl halides is 3. The number of benzene rings is 1. The number of fused-ring (bicyclic) bond motifs is 1. The zero-order valence-electron chi connectivity index (χ0n) is 10.3. The van der Waals surface area contributed by atoms with E-state index in [2.05, 4.69) is 10.6 Å². The highest BCUT2D eigenvalue weighted by Gasteiger charge is 2.26. The molecule has 0 bridgehead atoms. The van der Waals surface area contributed by atoms with E-state index in [1.165, 1.54) is 0 Å². The molecule has 1 aliphatic heterocycles. The molecule has 3 nitrogen and oxygen atoms in total. The highest BCUT2D eigenvalue weighted by atomic mass is 19.4. The summed E-state index contributed by atoms with van der Waals surface area (Å²) in [6.07, 6.45) is -5.13. The Kier molecular flexibility index (Phi) is 4.09. The van der Waals surface area contributed by atoms with Gasteiger partial charge < -0.3 is 10.6 Å². The van der Waals surface area contributed by atoms with Crippen molar-refractivity contribution in [2.24, 2.45) is 0 Å². The van der Waals surface area contributed by atoms with Crippen LogP contribution in [0.3, 0.4) is 0 Å². The minimum absolute atomic E-state index is 0.0354. The molecular formula is C13H15F3N2O. The van der Waals surface area contributed by atoms with E-state index in [0.717, 1.165) is 24.2 Å². The largest absolute Gasteiger partial charge is 0.389 e. The minimum Gasteiger partial charge on any atom is -0.352 e. The van der Waals surface area contributed by atoms with Gasteiger partial charge >= 0.3 is 6.18 Å². The molecule has 0 aromatic heterocycles. The van der Waals surface area contributed by atoms with Crippen LogP contribution in [-0.4, -0.2) is 18.6 Å². The number of carbonyl (C=O) groups is 1. The van der Waals surface area contributed by atoms with Gasteiger partial charge in [0.15, 0.2) is 0 Å². The second kappa shape index (κ2) is 5.61. The second-order valence-corrected chi connectivity index (χ2v) is 4.56. The lowest BCUT2D eigenvalue weighted by Crippen LogP contribution is -2.25. The molecule has 0 unspecified atom stereocenters. The highest BCUT2D eigenvalue weighted by molar-refractivity contribution is 5.94. The SMILES string of the molecule is O=C(NCCCC(F)(F)F)c1ccc2c(c1)CNC2. The molecule has 0 fully saturated rings. The summed E-state index contributed by atoms with van der Waals surface area (Å²) in [5.74, 6) is -0.322. The van der Waals surface area contributed by atoms with E-state index in [0.29, 0.717) is 5.56 Å². The van der Waals surface area contributed by atoms with Crippen LogP contribution < -0.4 is 10.6 Å². The maximum atomic E-state index is 11.9. The van der Waals surface area contributed by atoms with Crippen molar-refractivity contribution in [3.05, 3.63) is 34.9 Å². The van der Waals surface area contributed by atoms with Crippen molar-refractivity contribution in [2.75, 3.05) is 6.54 Å². The van der Waals surface area contributed by atoms with E-state index in [9.17, 15) is 18.0 Å². The van der Waals surface area contributed by atoms with Crippen LogP contribution in [0.1, 0.15) is 34.3 Å². The van der Waals surface area contributed by atoms with Crippen molar-refractivity contribution in [2.45, 2.75) is 32.1 Å². The van der Waals surface area contributed by atoms with Crippen LogP contribution in [0.5, 0.6) is 0 Å². The van der Waals surface area contributed by atoms with Crippen molar-refractivity contribution in [1.29, 1.82) is 0 Å². The molecule has 1 heterocycles. The summed E-state index contributed by atoms with van der Waals surface area (Å²) in [7, 11) is 0. The molecular weight excluding hydrogens is 257 g/mol. The Labute approximate surface area is 109 Å². The molecule has 0 radical (unpaired) electrons. The topological polar surface area (TPSA) is 41.1 Å². The van der Waals surface area contributed by atoms with Gasteiger partial charge in [-0.25, -0.2) is 0 Å². The molecule has 104 valence electrons. The molecule has 0 atom stereocenters. The monoisotopic (exact) mass is 272 g/mol. The summed E-state index contributed by atoms with van der Waals surface area (Å²) in [6, 6.07) is 5.36. The average molecular weight is 272 g/mol. The van der Waals surface area contributed by atoms with Gasteiger partial charge in [-0.3, -0.25) is 4.79 Å². The number of amides is 1. The van der Waals surface area contributed by atoms with Gasteiger partial charge in [0, 0.05) is 31.6 Å². The van der Waals surface area contributed by atoms with Crippen LogP contribution in [-0.2, 0) is 13.1 Å². The first kappa shape index (κ1) is 13.9. The predicted molar refractivity (Wildman–Crippen MR) is 64.6 cm³/mol. The third-order valence-corrected chi connectivity index (χ3v) is 3.02. The number of hydrogen-bond donors (Lipinski definition) is 2. The Morgan fingerprint density at radius 2 is 2.00 bits per heavy atom. The predicted octanol–water partition coefficient (Wildman–Crippen LogP) is 2.36. The van der Waals surface area contributed by atoms with E-state index in [1.54, 1.807) is 12.1 Å². The van der Waals surface area contributed by atoms with Gasteiger partial charge in [0.05, 0.1) is 0 Å². The Bertz CT molecular complexity index is 471. The first-order valence-corrected chi connectivity index (χ1v) is 6.13. The third-order valence-electron chi connectivity index (χ3n) is 3.02. The Balaban J connectivity index is 1.83. The van der Waals surface area contributed by atoms with Crippen LogP contribution in [0.2, 0.25) is 0 Å². The molecule has 0 saturated heterocycles. The minimum atomic E-state index is -4.16. The van der Waals surface area contributed by atoms with Crippen LogP contribution in [0.4, 0.5) is 13.2 Å². The van der Waals surface area contributed by atoms with Gasteiger partial charge in [-0.2, -0.15) is 13.2 Å². The maximum absolute atomic E-state index is 11.9. The molecule has 0 aliphatic carbocycles. The molecule has 2 rings (SSSR count). The number of nitrogens with one attached hydrogen (secondary N) is 2. The van der Waals surface area contributed by atoms with E-state index in [4.69, 9.17) is 0 Å². The molecule has 0 spiro atoms. The summed E-state index contributed by atoms with van der Waals surface area (Å²) in [5, 5.41) is 5.67. The summed E-state index contributed by atoms with van der Waals surface area (Å²) in [4.78, 5) is 11.8. The third kappa shape index (κ3) is 3.96. The van der Waals surface area contributed by atoms with E-state index in [1.807, 2.05) is 6.07 Å². The molecule has 19 heavy (non-hydrogen) atoms. The van der Waals surface area contributed by atoms with Crippen LogP contribution in [0.25, 0.3) is 0 Å². The number of rotatable bonds is 4. The Hall–Kier alpha value is -1.56. The molecule has 6 heteroatoms. The Morgan fingerprint density at radius 3 is 2.74 bits per heavy atom. The van der Waals surface area contributed by atoms with Crippen LogP contribution in [0, 0.1) is 0 Å². The number of halogens is 3.